The predicted octanol–water partition coefficient (Wildman–Crippen LogP) is 3.78. The lowest BCUT2D eigenvalue weighted by Crippen LogP contribution is -2.16. The van der Waals surface area contributed by atoms with Crippen LogP contribution in [-0.4, -0.2) is 9.78 Å². The van der Waals surface area contributed by atoms with Gasteiger partial charge in [0.2, 0.25) is 0 Å². The van der Waals surface area contributed by atoms with Crippen molar-refractivity contribution in [2.45, 2.75) is 39.7 Å². The van der Waals surface area contributed by atoms with Gasteiger partial charge in [-0.15, -0.1) is 0 Å². The normalized spacial score (nSPS) is 11.7. The van der Waals surface area contributed by atoms with Gasteiger partial charge in [-0.3, -0.25) is 4.68 Å². The first kappa shape index (κ1) is 14.6. The highest BCUT2D eigenvalue weighted by Crippen LogP contribution is 2.26. The number of rotatable bonds is 3. The number of benzene rings is 1. The van der Waals surface area contributed by atoms with E-state index in [1.165, 1.54) is 6.07 Å². The van der Waals surface area contributed by atoms with Crippen LogP contribution in [0.2, 0.25) is 0 Å². The number of aromatic nitrogens is 2. The standard InChI is InChI=1S/C16H22FN3/c1-11-7-6-8-13(17)14(11)18-9-12-10-20(5)19-15(12)16(2,3)4/h6-8,10,18H,9H2,1-5H3. The molecule has 0 spiro atoms. The molecule has 3 nitrogen and oxygen atoms in total. The van der Waals surface area contributed by atoms with Crippen molar-refractivity contribution in [1.29, 1.82) is 0 Å². The number of hydrogen-bond donors (Lipinski definition) is 1. The molecule has 20 heavy (non-hydrogen) atoms. The Hall–Kier alpha value is -1.84. The molecule has 0 amide bonds. The van der Waals surface area contributed by atoms with Gasteiger partial charge in [-0.2, -0.15) is 5.10 Å². The molecule has 2 rings (SSSR count). The van der Waals surface area contributed by atoms with Gasteiger partial charge in [0, 0.05) is 30.8 Å². The van der Waals surface area contributed by atoms with E-state index in [0.29, 0.717) is 12.2 Å². The first-order valence-electron chi connectivity index (χ1n) is 6.81. The van der Waals surface area contributed by atoms with Crippen molar-refractivity contribution >= 4 is 5.69 Å². The summed E-state index contributed by atoms with van der Waals surface area (Å²) in [6, 6.07) is 5.10. The summed E-state index contributed by atoms with van der Waals surface area (Å²) in [6.07, 6.45) is 1.99. The summed E-state index contributed by atoms with van der Waals surface area (Å²) >= 11 is 0. The molecule has 0 atom stereocenters. The molecule has 2 aromatic rings. The van der Waals surface area contributed by atoms with Gasteiger partial charge in [0.15, 0.2) is 0 Å². The van der Waals surface area contributed by atoms with Crippen LogP contribution in [0.1, 0.15) is 37.6 Å². The third-order valence-corrected chi connectivity index (χ3v) is 3.29. The Labute approximate surface area is 119 Å². The fourth-order valence-corrected chi connectivity index (χ4v) is 2.34. The Morgan fingerprint density at radius 3 is 2.60 bits per heavy atom. The zero-order chi connectivity index (χ0) is 14.9. The molecule has 0 radical (unpaired) electrons. The number of aryl methyl sites for hydroxylation is 2. The van der Waals surface area contributed by atoms with E-state index in [4.69, 9.17) is 0 Å². The van der Waals surface area contributed by atoms with Crippen molar-refractivity contribution in [2.75, 3.05) is 5.32 Å². The second kappa shape index (κ2) is 5.27. The maximum atomic E-state index is 13.8. The molecule has 108 valence electrons. The summed E-state index contributed by atoms with van der Waals surface area (Å²) in [4.78, 5) is 0. The number of para-hydroxylation sites is 1. The average Bonchev–Trinajstić information content (AvgIpc) is 2.70. The molecule has 0 aliphatic carbocycles. The smallest absolute Gasteiger partial charge is 0.146 e. The summed E-state index contributed by atoms with van der Waals surface area (Å²) in [5.74, 6) is -0.216. The lowest BCUT2D eigenvalue weighted by molar-refractivity contribution is 0.549. The molecular weight excluding hydrogens is 253 g/mol. The van der Waals surface area contributed by atoms with E-state index in [1.54, 1.807) is 6.07 Å². The van der Waals surface area contributed by atoms with E-state index >= 15 is 0 Å². The number of nitrogens with zero attached hydrogens (tertiary/aromatic N) is 2. The quantitative estimate of drug-likeness (QED) is 0.924. The van der Waals surface area contributed by atoms with Gasteiger partial charge < -0.3 is 5.32 Å². The Morgan fingerprint density at radius 1 is 1.30 bits per heavy atom. The van der Waals surface area contributed by atoms with Gasteiger partial charge >= 0.3 is 0 Å². The Balaban J connectivity index is 2.24. The highest BCUT2D eigenvalue weighted by atomic mass is 19.1. The van der Waals surface area contributed by atoms with E-state index in [2.05, 4.69) is 31.2 Å². The summed E-state index contributed by atoms with van der Waals surface area (Å²) in [5, 5.41) is 7.72. The Morgan fingerprint density at radius 2 is 2.00 bits per heavy atom. The molecule has 0 saturated carbocycles. The summed E-state index contributed by atoms with van der Waals surface area (Å²) in [5.41, 5.74) is 3.59. The highest BCUT2D eigenvalue weighted by Gasteiger charge is 2.21. The van der Waals surface area contributed by atoms with Gasteiger partial charge in [-0.05, 0) is 18.6 Å². The minimum atomic E-state index is -0.216. The largest absolute Gasteiger partial charge is 0.378 e. The monoisotopic (exact) mass is 275 g/mol. The second-order valence-corrected chi connectivity index (χ2v) is 6.21. The maximum absolute atomic E-state index is 13.8. The summed E-state index contributed by atoms with van der Waals surface area (Å²) in [7, 11) is 1.91. The SMILES string of the molecule is Cc1cccc(F)c1NCc1cn(C)nc1C(C)(C)C. The van der Waals surface area contributed by atoms with Crippen molar-refractivity contribution < 1.29 is 4.39 Å². The molecule has 4 heteroatoms. The fraction of sp³-hybridized carbons (Fsp3) is 0.438. The number of nitrogens with one attached hydrogen (secondary N) is 1. The predicted molar refractivity (Wildman–Crippen MR) is 80.4 cm³/mol. The number of halogens is 1. The van der Waals surface area contributed by atoms with E-state index in [-0.39, 0.29) is 11.2 Å². The van der Waals surface area contributed by atoms with Crippen LogP contribution in [0.3, 0.4) is 0 Å². The summed E-state index contributed by atoms with van der Waals surface area (Å²) < 4.78 is 15.6. The third-order valence-electron chi connectivity index (χ3n) is 3.29. The lowest BCUT2D eigenvalue weighted by Gasteiger charge is -2.18. The minimum Gasteiger partial charge on any atom is -0.378 e. The van der Waals surface area contributed by atoms with Crippen molar-refractivity contribution in [3.63, 3.8) is 0 Å². The maximum Gasteiger partial charge on any atom is 0.146 e. The zero-order valence-corrected chi connectivity index (χ0v) is 12.8. The van der Waals surface area contributed by atoms with E-state index in [9.17, 15) is 4.39 Å². The molecule has 0 fully saturated rings. The molecule has 0 unspecified atom stereocenters. The van der Waals surface area contributed by atoms with Crippen molar-refractivity contribution in [2.24, 2.45) is 7.05 Å². The molecule has 1 heterocycles. The van der Waals surface area contributed by atoms with Crippen molar-refractivity contribution in [3.05, 3.63) is 47.0 Å². The van der Waals surface area contributed by atoms with Crippen LogP contribution < -0.4 is 5.32 Å². The van der Waals surface area contributed by atoms with Crippen molar-refractivity contribution in [1.82, 2.24) is 9.78 Å². The van der Waals surface area contributed by atoms with Gasteiger partial charge in [-0.25, -0.2) is 4.39 Å². The van der Waals surface area contributed by atoms with Crippen LogP contribution in [0.4, 0.5) is 10.1 Å². The average molecular weight is 275 g/mol. The molecule has 0 bridgehead atoms. The van der Waals surface area contributed by atoms with E-state index in [1.807, 2.05) is 30.9 Å². The van der Waals surface area contributed by atoms with Crippen molar-refractivity contribution in [3.8, 4) is 0 Å². The topological polar surface area (TPSA) is 29.9 Å². The zero-order valence-electron chi connectivity index (χ0n) is 12.8. The van der Waals surface area contributed by atoms with E-state index in [0.717, 1.165) is 16.8 Å². The number of hydrogen-bond acceptors (Lipinski definition) is 2. The molecule has 0 saturated heterocycles. The lowest BCUT2D eigenvalue weighted by atomic mass is 9.89. The van der Waals surface area contributed by atoms with Crippen LogP contribution in [0, 0.1) is 12.7 Å². The minimum absolute atomic E-state index is 0.0252. The molecule has 0 aliphatic heterocycles. The Bertz CT molecular complexity index is 588. The number of anilines is 1. The van der Waals surface area contributed by atoms with Gasteiger partial charge in [0.05, 0.1) is 11.4 Å². The van der Waals surface area contributed by atoms with Gasteiger partial charge in [0.25, 0.3) is 0 Å². The van der Waals surface area contributed by atoms with Crippen LogP contribution in [-0.2, 0) is 19.0 Å². The van der Waals surface area contributed by atoms with Crippen LogP contribution in [0.25, 0.3) is 0 Å². The first-order chi connectivity index (χ1) is 9.29. The Kier molecular flexibility index (Phi) is 3.84. The van der Waals surface area contributed by atoms with Crippen LogP contribution in [0.15, 0.2) is 24.4 Å². The van der Waals surface area contributed by atoms with E-state index < -0.39 is 0 Å². The van der Waals surface area contributed by atoms with Crippen LogP contribution in [0.5, 0.6) is 0 Å². The van der Waals surface area contributed by atoms with Gasteiger partial charge in [-0.1, -0.05) is 32.9 Å². The molecular formula is C16H22FN3. The molecule has 1 N–H and O–H groups in total. The second-order valence-electron chi connectivity index (χ2n) is 6.21. The highest BCUT2D eigenvalue weighted by molar-refractivity contribution is 5.52. The molecule has 1 aromatic carbocycles. The first-order valence-corrected chi connectivity index (χ1v) is 6.81. The third kappa shape index (κ3) is 3.00. The molecule has 0 aliphatic rings. The molecule has 1 aromatic heterocycles. The fourth-order valence-electron chi connectivity index (χ4n) is 2.34. The van der Waals surface area contributed by atoms with Crippen LogP contribution >= 0.6 is 0 Å². The van der Waals surface area contributed by atoms with Gasteiger partial charge in [0.1, 0.15) is 5.82 Å². The summed E-state index contributed by atoms with van der Waals surface area (Å²) in [6.45, 7) is 8.87.